The van der Waals surface area contributed by atoms with Gasteiger partial charge in [0, 0.05) is 13.0 Å². The largest absolute Gasteiger partial charge is 0.457 e. The van der Waals surface area contributed by atoms with Gasteiger partial charge in [0.25, 0.3) is 0 Å². The second-order valence-electron chi connectivity index (χ2n) is 4.73. The minimum Gasteiger partial charge on any atom is -0.457 e. The third kappa shape index (κ3) is 4.91. The minimum absolute atomic E-state index is 0.0438. The lowest BCUT2D eigenvalue weighted by atomic mass is 10.2. The molecule has 0 atom stereocenters. The summed E-state index contributed by atoms with van der Waals surface area (Å²) in [5.41, 5.74) is 0.957. The van der Waals surface area contributed by atoms with E-state index in [1.807, 2.05) is 31.2 Å². The molecule has 0 fully saturated rings. The Labute approximate surface area is 123 Å². The highest BCUT2D eigenvalue weighted by Crippen LogP contribution is 2.22. The molecule has 0 aromatic heterocycles. The van der Waals surface area contributed by atoms with Crippen LogP contribution < -0.4 is 10.1 Å². The summed E-state index contributed by atoms with van der Waals surface area (Å²) in [6.45, 7) is 2.44. The van der Waals surface area contributed by atoms with Crippen LogP contribution in [0.1, 0.15) is 25.3 Å². The molecule has 2 aromatic rings. The van der Waals surface area contributed by atoms with Gasteiger partial charge in [0.15, 0.2) is 0 Å². The topological polar surface area (TPSA) is 38.3 Å². The molecule has 4 heteroatoms. The summed E-state index contributed by atoms with van der Waals surface area (Å²) in [6, 6.07) is 13.3. The Morgan fingerprint density at radius 1 is 1.14 bits per heavy atom. The Kier molecular flexibility index (Phi) is 5.32. The molecule has 0 heterocycles. The van der Waals surface area contributed by atoms with Crippen LogP contribution in [-0.2, 0) is 11.3 Å². The molecule has 0 saturated heterocycles. The van der Waals surface area contributed by atoms with E-state index >= 15 is 0 Å². The van der Waals surface area contributed by atoms with Crippen molar-refractivity contribution in [2.75, 3.05) is 0 Å². The minimum atomic E-state index is -0.297. The number of rotatable bonds is 6. The standard InChI is InChI=1S/C17H18FNO2/c1-2-4-17(20)19-12-13-5-3-6-16(11-13)21-15-9-7-14(18)8-10-15/h3,5-11H,2,4,12H2,1H3,(H,19,20). The molecule has 110 valence electrons. The van der Waals surface area contributed by atoms with Crippen LogP contribution in [0.5, 0.6) is 11.5 Å². The van der Waals surface area contributed by atoms with Crippen LogP contribution in [0.25, 0.3) is 0 Å². The summed E-state index contributed by atoms with van der Waals surface area (Å²) in [5.74, 6) is 0.976. The number of carbonyl (C=O) groups is 1. The van der Waals surface area contributed by atoms with Crippen LogP contribution in [0.15, 0.2) is 48.5 Å². The molecule has 3 nitrogen and oxygen atoms in total. The van der Waals surface area contributed by atoms with Gasteiger partial charge in [0.05, 0.1) is 0 Å². The fourth-order valence-corrected chi connectivity index (χ4v) is 1.87. The molecule has 0 spiro atoms. The molecule has 0 radical (unpaired) electrons. The molecule has 1 N–H and O–H groups in total. The van der Waals surface area contributed by atoms with Gasteiger partial charge >= 0.3 is 0 Å². The normalized spacial score (nSPS) is 10.2. The SMILES string of the molecule is CCCC(=O)NCc1cccc(Oc2ccc(F)cc2)c1. The predicted molar refractivity (Wildman–Crippen MR) is 79.7 cm³/mol. The first kappa shape index (κ1) is 15.0. The molecule has 2 aromatic carbocycles. The summed E-state index contributed by atoms with van der Waals surface area (Å²) in [5, 5.41) is 2.85. The van der Waals surface area contributed by atoms with Crippen LogP contribution in [0, 0.1) is 5.82 Å². The highest BCUT2D eigenvalue weighted by atomic mass is 19.1. The lowest BCUT2D eigenvalue weighted by Gasteiger charge is -2.08. The van der Waals surface area contributed by atoms with Crippen LogP contribution in [-0.4, -0.2) is 5.91 Å². The molecule has 0 unspecified atom stereocenters. The number of nitrogens with one attached hydrogen (secondary N) is 1. The second kappa shape index (κ2) is 7.43. The highest BCUT2D eigenvalue weighted by molar-refractivity contribution is 5.75. The van der Waals surface area contributed by atoms with Crippen molar-refractivity contribution in [2.24, 2.45) is 0 Å². The Morgan fingerprint density at radius 3 is 2.62 bits per heavy atom. The van der Waals surface area contributed by atoms with Crippen molar-refractivity contribution in [3.8, 4) is 11.5 Å². The average Bonchev–Trinajstić information content (AvgIpc) is 2.48. The predicted octanol–water partition coefficient (Wildman–Crippen LogP) is 4.03. The van der Waals surface area contributed by atoms with E-state index in [2.05, 4.69) is 5.32 Å². The lowest BCUT2D eigenvalue weighted by Crippen LogP contribution is -2.21. The molecule has 0 bridgehead atoms. The number of halogens is 1. The van der Waals surface area contributed by atoms with Crippen molar-refractivity contribution in [1.82, 2.24) is 5.32 Å². The van der Waals surface area contributed by atoms with Gasteiger partial charge in [0.2, 0.25) is 5.91 Å². The molecular formula is C17H18FNO2. The number of hydrogen-bond donors (Lipinski definition) is 1. The molecular weight excluding hydrogens is 269 g/mol. The molecule has 0 saturated carbocycles. The van der Waals surface area contributed by atoms with Crippen molar-refractivity contribution in [3.63, 3.8) is 0 Å². The number of carbonyl (C=O) groups excluding carboxylic acids is 1. The van der Waals surface area contributed by atoms with Gasteiger partial charge in [-0.3, -0.25) is 4.79 Å². The van der Waals surface area contributed by atoms with Gasteiger partial charge in [-0.2, -0.15) is 0 Å². The number of amides is 1. The first-order valence-electron chi connectivity index (χ1n) is 6.96. The zero-order valence-electron chi connectivity index (χ0n) is 11.9. The van der Waals surface area contributed by atoms with E-state index in [1.54, 1.807) is 12.1 Å². The molecule has 21 heavy (non-hydrogen) atoms. The molecule has 2 rings (SSSR count). The van der Waals surface area contributed by atoms with Crippen molar-refractivity contribution < 1.29 is 13.9 Å². The average molecular weight is 287 g/mol. The monoisotopic (exact) mass is 287 g/mol. The fourth-order valence-electron chi connectivity index (χ4n) is 1.87. The second-order valence-corrected chi connectivity index (χ2v) is 4.73. The van der Waals surface area contributed by atoms with Crippen LogP contribution >= 0.6 is 0 Å². The maximum absolute atomic E-state index is 12.8. The van der Waals surface area contributed by atoms with E-state index in [-0.39, 0.29) is 11.7 Å². The van der Waals surface area contributed by atoms with Gasteiger partial charge in [0.1, 0.15) is 17.3 Å². The van der Waals surface area contributed by atoms with Gasteiger partial charge in [-0.1, -0.05) is 19.1 Å². The number of hydrogen-bond acceptors (Lipinski definition) is 2. The van der Waals surface area contributed by atoms with Gasteiger partial charge < -0.3 is 10.1 Å². The first-order chi connectivity index (χ1) is 10.2. The van der Waals surface area contributed by atoms with E-state index in [1.165, 1.54) is 12.1 Å². The quantitative estimate of drug-likeness (QED) is 0.871. The van der Waals surface area contributed by atoms with Crippen LogP contribution in [0.2, 0.25) is 0 Å². The summed E-state index contributed by atoms with van der Waals surface area (Å²) >= 11 is 0. The number of ether oxygens (including phenoxy) is 1. The van der Waals surface area contributed by atoms with E-state index < -0.39 is 0 Å². The summed E-state index contributed by atoms with van der Waals surface area (Å²) in [4.78, 5) is 11.4. The summed E-state index contributed by atoms with van der Waals surface area (Å²) in [7, 11) is 0. The van der Waals surface area contributed by atoms with Gasteiger partial charge in [-0.25, -0.2) is 4.39 Å². The van der Waals surface area contributed by atoms with Crippen molar-refractivity contribution in [2.45, 2.75) is 26.3 Å². The summed E-state index contributed by atoms with van der Waals surface area (Å²) < 4.78 is 18.5. The first-order valence-corrected chi connectivity index (χ1v) is 6.96. The highest BCUT2D eigenvalue weighted by Gasteiger charge is 2.02. The molecule has 1 amide bonds. The fraction of sp³-hybridized carbons (Fsp3) is 0.235. The molecule has 0 aliphatic rings. The van der Waals surface area contributed by atoms with E-state index in [0.29, 0.717) is 24.5 Å². The van der Waals surface area contributed by atoms with Gasteiger partial charge in [-0.15, -0.1) is 0 Å². The van der Waals surface area contributed by atoms with Crippen molar-refractivity contribution in [1.29, 1.82) is 0 Å². The maximum Gasteiger partial charge on any atom is 0.220 e. The zero-order chi connectivity index (χ0) is 15.1. The Bertz CT molecular complexity index is 596. The van der Waals surface area contributed by atoms with Crippen molar-refractivity contribution in [3.05, 3.63) is 59.9 Å². The van der Waals surface area contributed by atoms with E-state index in [0.717, 1.165) is 12.0 Å². The van der Waals surface area contributed by atoms with E-state index in [4.69, 9.17) is 4.74 Å². The Balaban J connectivity index is 1.97. The molecule has 0 aliphatic heterocycles. The van der Waals surface area contributed by atoms with Crippen LogP contribution in [0.4, 0.5) is 4.39 Å². The third-order valence-corrected chi connectivity index (χ3v) is 2.91. The van der Waals surface area contributed by atoms with E-state index in [9.17, 15) is 9.18 Å². The molecule has 0 aliphatic carbocycles. The zero-order valence-corrected chi connectivity index (χ0v) is 11.9. The van der Waals surface area contributed by atoms with Crippen molar-refractivity contribution >= 4 is 5.91 Å². The lowest BCUT2D eigenvalue weighted by molar-refractivity contribution is -0.121. The third-order valence-electron chi connectivity index (χ3n) is 2.91. The van der Waals surface area contributed by atoms with Gasteiger partial charge in [-0.05, 0) is 48.4 Å². The maximum atomic E-state index is 12.8. The Morgan fingerprint density at radius 2 is 1.90 bits per heavy atom. The number of benzene rings is 2. The smallest absolute Gasteiger partial charge is 0.220 e. The summed E-state index contributed by atoms with van der Waals surface area (Å²) in [6.07, 6.45) is 1.37. The Hall–Kier alpha value is -2.36. The van der Waals surface area contributed by atoms with Crippen LogP contribution in [0.3, 0.4) is 0 Å².